The number of anilines is 2. The second kappa shape index (κ2) is 6.82. The Morgan fingerprint density at radius 2 is 1.90 bits per heavy atom. The number of hydrogen-bond donors (Lipinski definition) is 2. The normalized spacial score (nSPS) is 9.90. The summed E-state index contributed by atoms with van der Waals surface area (Å²) >= 11 is 5.92. The van der Waals surface area contributed by atoms with Crippen LogP contribution in [-0.2, 0) is 4.79 Å². The van der Waals surface area contributed by atoms with Gasteiger partial charge in [-0.3, -0.25) is 4.79 Å². The van der Waals surface area contributed by atoms with Gasteiger partial charge in [-0.25, -0.2) is 0 Å². The number of methoxy groups -OCH3 is 1. The topological polar surface area (TPSA) is 50.4 Å². The lowest BCUT2D eigenvalue weighted by atomic mass is 10.3. The van der Waals surface area contributed by atoms with Crippen LogP contribution in [0.2, 0.25) is 5.02 Å². The Morgan fingerprint density at radius 3 is 2.60 bits per heavy atom. The maximum atomic E-state index is 11.8. The number of para-hydroxylation sites is 1. The molecule has 0 radical (unpaired) electrons. The molecule has 104 valence electrons. The van der Waals surface area contributed by atoms with Crippen LogP contribution in [0.4, 0.5) is 11.4 Å². The van der Waals surface area contributed by atoms with Crippen molar-refractivity contribution in [2.75, 3.05) is 24.3 Å². The number of rotatable bonds is 5. The van der Waals surface area contributed by atoms with Crippen molar-refractivity contribution in [3.63, 3.8) is 0 Å². The molecule has 5 heteroatoms. The summed E-state index contributed by atoms with van der Waals surface area (Å²) in [6.07, 6.45) is 0. The first-order valence-electron chi connectivity index (χ1n) is 6.11. The van der Waals surface area contributed by atoms with Crippen molar-refractivity contribution in [3.05, 3.63) is 53.6 Å². The van der Waals surface area contributed by atoms with Gasteiger partial charge in [-0.05, 0) is 24.3 Å². The second-order valence-electron chi connectivity index (χ2n) is 4.12. The predicted octanol–water partition coefficient (Wildman–Crippen LogP) is 3.40. The van der Waals surface area contributed by atoms with E-state index in [2.05, 4.69) is 10.6 Å². The minimum absolute atomic E-state index is 0.141. The van der Waals surface area contributed by atoms with Crippen LogP contribution in [0, 0.1) is 0 Å². The smallest absolute Gasteiger partial charge is 0.243 e. The summed E-state index contributed by atoms with van der Waals surface area (Å²) in [5.41, 5.74) is 1.54. The minimum Gasteiger partial charge on any atom is -0.495 e. The van der Waals surface area contributed by atoms with Crippen molar-refractivity contribution in [1.29, 1.82) is 0 Å². The Balaban J connectivity index is 1.91. The van der Waals surface area contributed by atoms with Crippen LogP contribution >= 0.6 is 11.6 Å². The maximum absolute atomic E-state index is 11.8. The molecule has 0 spiro atoms. The largest absolute Gasteiger partial charge is 0.495 e. The average molecular weight is 291 g/mol. The summed E-state index contributed by atoms with van der Waals surface area (Å²) in [6.45, 7) is 0.189. The Labute approximate surface area is 122 Å². The van der Waals surface area contributed by atoms with Gasteiger partial charge in [0.1, 0.15) is 5.75 Å². The molecule has 20 heavy (non-hydrogen) atoms. The molecule has 0 atom stereocenters. The highest BCUT2D eigenvalue weighted by molar-refractivity contribution is 6.32. The molecule has 0 aliphatic carbocycles. The predicted molar refractivity (Wildman–Crippen MR) is 81.6 cm³/mol. The lowest BCUT2D eigenvalue weighted by Crippen LogP contribution is -2.21. The number of amides is 1. The van der Waals surface area contributed by atoms with Crippen LogP contribution in [0.1, 0.15) is 0 Å². The first-order chi connectivity index (χ1) is 9.69. The summed E-state index contributed by atoms with van der Waals surface area (Å²) in [4.78, 5) is 11.8. The zero-order chi connectivity index (χ0) is 14.4. The second-order valence-corrected chi connectivity index (χ2v) is 4.52. The molecule has 2 aromatic carbocycles. The molecule has 4 nitrogen and oxygen atoms in total. The van der Waals surface area contributed by atoms with Gasteiger partial charge in [-0.1, -0.05) is 29.8 Å². The summed E-state index contributed by atoms with van der Waals surface area (Å²) in [7, 11) is 1.53. The molecule has 0 aromatic heterocycles. The number of halogens is 1. The molecule has 0 saturated carbocycles. The van der Waals surface area contributed by atoms with Crippen LogP contribution in [0.15, 0.2) is 48.5 Å². The summed E-state index contributed by atoms with van der Waals surface area (Å²) < 4.78 is 5.10. The molecule has 2 rings (SSSR count). The molecule has 0 unspecified atom stereocenters. The fraction of sp³-hybridized carbons (Fsp3) is 0.133. The molecule has 0 heterocycles. The minimum atomic E-state index is -0.141. The third-order valence-corrected chi connectivity index (χ3v) is 2.97. The molecule has 1 amide bonds. The number of carbonyl (C=O) groups is 1. The number of carbonyl (C=O) groups excluding carboxylic acids is 1. The summed E-state index contributed by atoms with van der Waals surface area (Å²) in [5, 5.41) is 6.32. The fourth-order valence-electron chi connectivity index (χ4n) is 1.68. The molecular formula is C15H15ClN2O2. The third kappa shape index (κ3) is 3.90. The Kier molecular flexibility index (Phi) is 4.85. The summed E-state index contributed by atoms with van der Waals surface area (Å²) in [5.74, 6) is 0.388. The number of nitrogens with one attached hydrogen (secondary N) is 2. The van der Waals surface area contributed by atoms with E-state index in [1.54, 1.807) is 18.2 Å². The highest BCUT2D eigenvalue weighted by Crippen LogP contribution is 2.27. The van der Waals surface area contributed by atoms with Gasteiger partial charge in [0.25, 0.3) is 0 Å². The fourth-order valence-corrected chi connectivity index (χ4v) is 1.88. The molecule has 0 aliphatic rings. The lowest BCUT2D eigenvalue weighted by Gasteiger charge is -2.09. The van der Waals surface area contributed by atoms with Crippen LogP contribution in [0.5, 0.6) is 5.75 Å². The average Bonchev–Trinajstić information content (AvgIpc) is 2.48. The van der Waals surface area contributed by atoms with Gasteiger partial charge in [0.2, 0.25) is 5.91 Å². The molecule has 0 bridgehead atoms. The number of benzene rings is 2. The van der Waals surface area contributed by atoms with Gasteiger partial charge in [-0.15, -0.1) is 0 Å². The molecule has 0 fully saturated rings. The van der Waals surface area contributed by atoms with Gasteiger partial charge in [0.05, 0.1) is 18.7 Å². The van der Waals surface area contributed by atoms with Gasteiger partial charge < -0.3 is 15.4 Å². The number of ether oxygens (including phenoxy) is 1. The number of hydrogen-bond acceptors (Lipinski definition) is 3. The Bertz CT molecular complexity index is 588. The standard InChI is InChI=1S/C15H15ClN2O2/c1-20-14-9-12(7-8-13(14)16)18-15(19)10-17-11-5-3-2-4-6-11/h2-9,17H,10H2,1H3,(H,18,19). The van der Waals surface area contributed by atoms with E-state index >= 15 is 0 Å². The van der Waals surface area contributed by atoms with Gasteiger partial charge >= 0.3 is 0 Å². The third-order valence-electron chi connectivity index (χ3n) is 2.66. The van der Waals surface area contributed by atoms with Crippen molar-refractivity contribution >= 4 is 28.9 Å². The van der Waals surface area contributed by atoms with E-state index in [4.69, 9.17) is 16.3 Å². The SMILES string of the molecule is COc1cc(NC(=O)CNc2ccccc2)ccc1Cl. The van der Waals surface area contributed by atoms with Gasteiger partial charge in [0, 0.05) is 17.4 Å². The molecule has 0 aliphatic heterocycles. The Hall–Kier alpha value is -2.20. The zero-order valence-electron chi connectivity index (χ0n) is 11.0. The zero-order valence-corrected chi connectivity index (χ0v) is 11.8. The lowest BCUT2D eigenvalue weighted by molar-refractivity contribution is -0.114. The molecular weight excluding hydrogens is 276 g/mol. The van der Waals surface area contributed by atoms with Crippen molar-refractivity contribution < 1.29 is 9.53 Å². The van der Waals surface area contributed by atoms with E-state index in [9.17, 15) is 4.79 Å². The summed E-state index contributed by atoms with van der Waals surface area (Å²) in [6, 6.07) is 14.6. The first kappa shape index (κ1) is 14.2. The molecule has 2 N–H and O–H groups in total. The first-order valence-corrected chi connectivity index (χ1v) is 6.49. The van der Waals surface area contributed by atoms with E-state index in [0.29, 0.717) is 16.5 Å². The van der Waals surface area contributed by atoms with E-state index < -0.39 is 0 Å². The van der Waals surface area contributed by atoms with E-state index in [1.165, 1.54) is 7.11 Å². The monoisotopic (exact) mass is 290 g/mol. The quantitative estimate of drug-likeness (QED) is 0.887. The Morgan fingerprint density at radius 1 is 1.15 bits per heavy atom. The van der Waals surface area contributed by atoms with Crippen LogP contribution in [0.25, 0.3) is 0 Å². The molecule has 0 saturated heterocycles. The van der Waals surface area contributed by atoms with Gasteiger partial charge in [0.15, 0.2) is 0 Å². The van der Waals surface area contributed by atoms with Crippen LogP contribution < -0.4 is 15.4 Å². The highest BCUT2D eigenvalue weighted by Gasteiger charge is 2.05. The van der Waals surface area contributed by atoms with Gasteiger partial charge in [-0.2, -0.15) is 0 Å². The molecule has 2 aromatic rings. The van der Waals surface area contributed by atoms with Crippen LogP contribution in [0.3, 0.4) is 0 Å². The van der Waals surface area contributed by atoms with Crippen molar-refractivity contribution in [1.82, 2.24) is 0 Å². The van der Waals surface area contributed by atoms with E-state index in [-0.39, 0.29) is 12.5 Å². The highest BCUT2D eigenvalue weighted by atomic mass is 35.5. The maximum Gasteiger partial charge on any atom is 0.243 e. The van der Waals surface area contributed by atoms with E-state index in [0.717, 1.165) is 5.69 Å². The van der Waals surface area contributed by atoms with E-state index in [1.807, 2.05) is 30.3 Å². The van der Waals surface area contributed by atoms with Crippen LogP contribution in [-0.4, -0.2) is 19.6 Å². The van der Waals surface area contributed by atoms with Crippen molar-refractivity contribution in [2.24, 2.45) is 0 Å². The van der Waals surface area contributed by atoms with Crippen molar-refractivity contribution in [3.8, 4) is 5.75 Å². The van der Waals surface area contributed by atoms with Crippen molar-refractivity contribution in [2.45, 2.75) is 0 Å².